The number of hydrogen-bond acceptors (Lipinski definition) is 4. The number of carbonyl (C=O) groups is 1. The third kappa shape index (κ3) is 4.81. The molecule has 0 aliphatic heterocycles. The summed E-state index contributed by atoms with van der Waals surface area (Å²) in [6.45, 7) is 0. The van der Waals surface area contributed by atoms with Gasteiger partial charge in [-0.25, -0.2) is 8.42 Å². The van der Waals surface area contributed by atoms with Crippen molar-refractivity contribution in [2.75, 3.05) is 10.0 Å². The summed E-state index contributed by atoms with van der Waals surface area (Å²) in [5.74, 6) is -0.218. The second kappa shape index (κ2) is 8.84. The first-order valence-corrected chi connectivity index (χ1v) is 11.8. The summed E-state index contributed by atoms with van der Waals surface area (Å²) in [5.41, 5.74) is 10.0. The van der Waals surface area contributed by atoms with Crippen molar-refractivity contribution in [2.24, 2.45) is 5.73 Å². The highest BCUT2D eigenvalue weighted by Gasteiger charge is 2.20. The zero-order valence-corrected chi connectivity index (χ0v) is 18.2. The summed E-state index contributed by atoms with van der Waals surface area (Å²) < 4.78 is 28.1. The minimum atomic E-state index is -3.73. The van der Waals surface area contributed by atoms with Crippen LogP contribution in [0.5, 0.6) is 0 Å². The molecule has 7 nitrogen and oxygen atoms in total. The highest BCUT2D eigenvalue weighted by Crippen LogP contribution is 2.33. The number of sulfonamides is 1. The van der Waals surface area contributed by atoms with E-state index in [0.717, 1.165) is 36.0 Å². The number of carbonyl (C=O) groups excluding carboxylic acids is 1. The quantitative estimate of drug-likeness (QED) is 0.326. The van der Waals surface area contributed by atoms with Crippen molar-refractivity contribution in [3.8, 4) is 0 Å². The molecule has 4 rings (SSSR count). The van der Waals surface area contributed by atoms with Crippen LogP contribution in [0.2, 0.25) is 0 Å². The van der Waals surface area contributed by atoms with E-state index in [1.807, 2.05) is 6.07 Å². The maximum absolute atomic E-state index is 12.7. The van der Waals surface area contributed by atoms with E-state index < -0.39 is 10.0 Å². The van der Waals surface area contributed by atoms with Gasteiger partial charge in [-0.05, 0) is 60.2 Å². The summed E-state index contributed by atoms with van der Waals surface area (Å²) in [4.78, 5) is 12.9. The Bertz CT molecular complexity index is 1270. The largest absolute Gasteiger partial charge is 0.384 e. The Labute approximate surface area is 187 Å². The molecule has 0 saturated heterocycles. The number of nitrogens with one attached hydrogen (secondary N) is 3. The van der Waals surface area contributed by atoms with E-state index in [2.05, 4.69) is 10.0 Å². The molecule has 164 valence electrons. The fourth-order valence-electron chi connectivity index (χ4n) is 3.87. The van der Waals surface area contributed by atoms with Crippen LogP contribution in [0.25, 0.3) is 0 Å². The molecule has 0 atom stereocenters. The van der Waals surface area contributed by atoms with Crippen LogP contribution in [-0.4, -0.2) is 20.2 Å². The van der Waals surface area contributed by atoms with Crippen LogP contribution in [-0.2, 0) is 34.1 Å². The van der Waals surface area contributed by atoms with Gasteiger partial charge in [0.05, 0.1) is 17.0 Å². The van der Waals surface area contributed by atoms with Crippen molar-refractivity contribution in [3.05, 3.63) is 89.0 Å². The first kappa shape index (κ1) is 21.6. The molecular formula is C24H24N4O3S. The number of anilines is 2. The first-order chi connectivity index (χ1) is 15.3. The molecule has 0 bridgehead atoms. The van der Waals surface area contributed by atoms with Crippen LogP contribution < -0.4 is 15.8 Å². The summed E-state index contributed by atoms with van der Waals surface area (Å²) in [6.07, 6.45) is 2.79. The molecule has 0 aromatic heterocycles. The van der Waals surface area contributed by atoms with Crippen molar-refractivity contribution in [1.82, 2.24) is 0 Å². The monoisotopic (exact) mass is 448 g/mol. The highest BCUT2D eigenvalue weighted by atomic mass is 32.2. The normalized spacial score (nSPS) is 12.8. The fourth-order valence-corrected chi connectivity index (χ4v) is 4.93. The van der Waals surface area contributed by atoms with Gasteiger partial charge in [0.2, 0.25) is 5.91 Å². The molecule has 0 spiro atoms. The van der Waals surface area contributed by atoms with Gasteiger partial charge in [-0.2, -0.15) is 0 Å². The minimum Gasteiger partial charge on any atom is -0.384 e. The number of amides is 1. The number of aryl methyl sites for hydroxylation is 1. The van der Waals surface area contributed by atoms with Crippen LogP contribution in [0.3, 0.4) is 0 Å². The Balaban J connectivity index is 1.54. The molecule has 32 heavy (non-hydrogen) atoms. The van der Waals surface area contributed by atoms with E-state index in [0.29, 0.717) is 16.9 Å². The maximum atomic E-state index is 12.7. The molecule has 1 aliphatic rings. The van der Waals surface area contributed by atoms with Gasteiger partial charge in [-0.15, -0.1) is 0 Å². The van der Waals surface area contributed by atoms with Gasteiger partial charge >= 0.3 is 0 Å². The number of hydrogen-bond donors (Lipinski definition) is 4. The van der Waals surface area contributed by atoms with Crippen molar-refractivity contribution in [1.29, 1.82) is 5.41 Å². The smallest absolute Gasteiger partial charge is 0.261 e. The van der Waals surface area contributed by atoms with Gasteiger partial charge in [-0.1, -0.05) is 42.5 Å². The predicted molar refractivity (Wildman–Crippen MR) is 126 cm³/mol. The molecule has 0 unspecified atom stereocenters. The van der Waals surface area contributed by atoms with Gasteiger partial charge < -0.3 is 11.1 Å². The van der Waals surface area contributed by atoms with E-state index in [1.54, 1.807) is 48.5 Å². The third-order valence-electron chi connectivity index (χ3n) is 5.42. The molecular weight excluding hydrogens is 424 g/mol. The first-order valence-electron chi connectivity index (χ1n) is 10.3. The molecule has 8 heteroatoms. The van der Waals surface area contributed by atoms with E-state index in [9.17, 15) is 13.2 Å². The second-order valence-corrected chi connectivity index (χ2v) is 9.45. The third-order valence-corrected chi connectivity index (χ3v) is 6.82. The minimum absolute atomic E-state index is 0.0219. The molecule has 3 aromatic rings. The fraction of sp³-hybridized carbons (Fsp3) is 0.167. The van der Waals surface area contributed by atoms with Crippen molar-refractivity contribution in [2.45, 2.75) is 30.6 Å². The van der Waals surface area contributed by atoms with Crippen molar-refractivity contribution < 1.29 is 13.2 Å². The number of amidine groups is 1. The van der Waals surface area contributed by atoms with E-state index in [-0.39, 0.29) is 23.1 Å². The zero-order valence-electron chi connectivity index (χ0n) is 17.4. The molecule has 0 fully saturated rings. The average Bonchev–Trinajstić information content (AvgIpc) is 3.23. The van der Waals surface area contributed by atoms with Crippen LogP contribution in [0.15, 0.2) is 71.6 Å². The molecule has 0 heterocycles. The number of benzene rings is 3. The number of fused-ring (bicyclic) bond motifs is 1. The SMILES string of the molecule is N=C(N)c1ccc(CC(=O)Nc2cc(NS(=O)(=O)c3ccccc3)cc3c2CCC3)cc1. The van der Waals surface area contributed by atoms with Crippen molar-refractivity contribution >= 4 is 33.1 Å². The average molecular weight is 449 g/mol. The standard InChI is InChI=1S/C24H24N4O3S/c25-24(26)17-11-9-16(10-12-17)13-23(29)27-22-15-19(14-18-5-4-8-21(18)22)28-32(30,31)20-6-2-1-3-7-20/h1-3,6-7,9-12,14-15,28H,4-5,8,13H2,(H3,25,26)(H,27,29). The van der Waals surface area contributed by atoms with Gasteiger partial charge in [0.15, 0.2) is 0 Å². The van der Waals surface area contributed by atoms with E-state index >= 15 is 0 Å². The molecule has 0 saturated carbocycles. The Morgan fingerprint density at radius 3 is 2.41 bits per heavy atom. The Kier molecular flexibility index (Phi) is 5.96. The van der Waals surface area contributed by atoms with Crippen molar-refractivity contribution in [3.63, 3.8) is 0 Å². The second-order valence-electron chi connectivity index (χ2n) is 7.77. The van der Waals surface area contributed by atoms with Crippen LogP contribution in [0, 0.1) is 5.41 Å². The number of nitrogens with two attached hydrogens (primary N) is 1. The lowest BCUT2D eigenvalue weighted by molar-refractivity contribution is -0.115. The summed E-state index contributed by atoms with van der Waals surface area (Å²) >= 11 is 0. The highest BCUT2D eigenvalue weighted by molar-refractivity contribution is 7.92. The topological polar surface area (TPSA) is 125 Å². The molecule has 1 aliphatic carbocycles. The summed E-state index contributed by atoms with van der Waals surface area (Å²) in [6, 6.07) is 18.7. The number of rotatable bonds is 7. The lowest BCUT2D eigenvalue weighted by Crippen LogP contribution is -2.17. The summed E-state index contributed by atoms with van der Waals surface area (Å²) in [7, 11) is -3.73. The summed E-state index contributed by atoms with van der Waals surface area (Å²) in [5, 5.41) is 10.4. The van der Waals surface area contributed by atoms with Gasteiger partial charge in [0.1, 0.15) is 5.84 Å². The lowest BCUT2D eigenvalue weighted by Gasteiger charge is -2.15. The maximum Gasteiger partial charge on any atom is 0.261 e. The number of nitrogen functional groups attached to an aromatic ring is 1. The lowest BCUT2D eigenvalue weighted by atomic mass is 10.1. The predicted octanol–water partition coefficient (Wildman–Crippen LogP) is 3.44. The van der Waals surface area contributed by atoms with Crippen LogP contribution >= 0.6 is 0 Å². The van der Waals surface area contributed by atoms with Crippen LogP contribution in [0.1, 0.15) is 28.7 Å². The van der Waals surface area contributed by atoms with Gasteiger partial charge in [0, 0.05) is 11.3 Å². The van der Waals surface area contributed by atoms with E-state index in [1.165, 1.54) is 12.1 Å². The van der Waals surface area contributed by atoms with Crippen LogP contribution in [0.4, 0.5) is 11.4 Å². The Hall–Kier alpha value is -3.65. The van der Waals surface area contributed by atoms with E-state index in [4.69, 9.17) is 11.1 Å². The van der Waals surface area contributed by atoms with Gasteiger partial charge in [0.25, 0.3) is 10.0 Å². The Morgan fingerprint density at radius 1 is 1.00 bits per heavy atom. The molecule has 3 aromatic carbocycles. The molecule has 5 N–H and O–H groups in total. The molecule has 1 amide bonds. The van der Waals surface area contributed by atoms with Gasteiger partial charge in [-0.3, -0.25) is 14.9 Å². The molecule has 0 radical (unpaired) electrons. The Morgan fingerprint density at radius 2 is 1.72 bits per heavy atom. The zero-order chi connectivity index (χ0) is 22.7.